The fourth-order valence-corrected chi connectivity index (χ4v) is 5.84. The Morgan fingerprint density at radius 2 is 1.69 bits per heavy atom. The van der Waals surface area contributed by atoms with E-state index in [0.717, 1.165) is 49.9 Å². The normalized spacial score (nSPS) is 18.5. The van der Waals surface area contributed by atoms with Crippen molar-refractivity contribution in [2.24, 2.45) is 5.41 Å². The first-order valence-electron chi connectivity index (χ1n) is 13.1. The van der Waals surface area contributed by atoms with E-state index < -0.39 is 0 Å². The molecule has 6 rings (SSSR count). The minimum Gasteiger partial charge on any atom is -0.368 e. The monoisotopic (exact) mass is 485 g/mol. The number of nitrogens with two attached hydrogens (primary N) is 1. The molecule has 2 fully saturated rings. The van der Waals surface area contributed by atoms with E-state index in [9.17, 15) is 0 Å². The number of aromatic nitrogens is 6. The molecule has 188 valence electrons. The Labute approximate surface area is 211 Å². The summed E-state index contributed by atoms with van der Waals surface area (Å²) in [5.74, 6) is 1.49. The van der Waals surface area contributed by atoms with Crippen LogP contribution in [0.3, 0.4) is 0 Å². The molecule has 5 heterocycles. The summed E-state index contributed by atoms with van der Waals surface area (Å²) in [7, 11) is 0. The molecular formula is C27H35N9. The SMILES string of the molecule is CC(C)c1cnn2c(N)nc(N3CCC4(CCN(Cc5ccccc5-n5cccn5)CC4)CC3)nc12. The number of piperidine rings is 2. The summed E-state index contributed by atoms with van der Waals surface area (Å²) in [6.07, 6.45) is 10.6. The van der Waals surface area contributed by atoms with Crippen LogP contribution in [0.5, 0.6) is 0 Å². The van der Waals surface area contributed by atoms with Gasteiger partial charge in [0.1, 0.15) is 0 Å². The summed E-state index contributed by atoms with van der Waals surface area (Å²) in [4.78, 5) is 14.4. The minimum absolute atomic E-state index is 0.339. The number of nitrogen functional groups attached to an aromatic ring is 1. The Bertz CT molecular complexity index is 1320. The van der Waals surface area contributed by atoms with Gasteiger partial charge in [0.2, 0.25) is 11.9 Å². The van der Waals surface area contributed by atoms with Gasteiger partial charge in [0, 0.05) is 37.6 Å². The predicted octanol–water partition coefficient (Wildman–Crippen LogP) is 3.90. The Morgan fingerprint density at radius 3 is 2.42 bits per heavy atom. The third-order valence-electron chi connectivity index (χ3n) is 8.19. The van der Waals surface area contributed by atoms with Crippen molar-refractivity contribution >= 4 is 17.5 Å². The van der Waals surface area contributed by atoms with Crippen LogP contribution >= 0.6 is 0 Å². The van der Waals surface area contributed by atoms with Gasteiger partial charge in [0.25, 0.3) is 0 Å². The molecule has 36 heavy (non-hydrogen) atoms. The number of likely N-dealkylation sites (tertiary alicyclic amines) is 1. The van der Waals surface area contributed by atoms with Gasteiger partial charge in [0.15, 0.2) is 5.65 Å². The highest BCUT2D eigenvalue weighted by molar-refractivity contribution is 5.55. The topological polar surface area (TPSA) is 93.4 Å². The van der Waals surface area contributed by atoms with Crippen molar-refractivity contribution in [2.45, 2.75) is 52.0 Å². The molecule has 2 N–H and O–H groups in total. The second-order valence-corrected chi connectivity index (χ2v) is 10.7. The number of benzene rings is 1. The molecular weight excluding hydrogens is 450 g/mol. The molecule has 0 aliphatic carbocycles. The molecule has 9 heteroatoms. The minimum atomic E-state index is 0.339. The van der Waals surface area contributed by atoms with Crippen LogP contribution in [-0.4, -0.2) is 60.4 Å². The van der Waals surface area contributed by atoms with Crippen molar-refractivity contribution < 1.29 is 0 Å². The third-order valence-corrected chi connectivity index (χ3v) is 8.19. The Hall–Kier alpha value is -3.46. The standard InChI is InChI=1S/C27H35N9/c1-20(2)22-18-30-36-24(22)31-26(32-25(36)28)34-16-10-27(11-17-34)8-14-33(15-9-27)19-21-6-3-4-7-23(21)35-13-5-12-29-35/h3-7,12-13,18,20H,8-11,14-17,19H2,1-2H3,(H2,28,31,32). The first-order valence-corrected chi connectivity index (χ1v) is 13.1. The lowest BCUT2D eigenvalue weighted by Gasteiger charge is -2.47. The van der Waals surface area contributed by atoms with Crippen molar-refractivity contribution in [3.05, 3.63) is 60.0 Å². The molecule has 2 aliphatic heterocycles. The summed E-state index contributed by atoms with van der Waals surface area (Å²) in [6, 6.07) is 10.6. The number of nitrogens with zero attached hydrogens (tertiary/aromatic N) is 8. The molecule has 0 amide bonds. The lowest BCUT2D eigenvalue weighted by Crippen LogP contribution is -2.47. The third kappa shape index (κ3) is 4.21. The van der Waals surface area contributed by atoms with E-state index in [1.807, 2.05) is 29.3 Å². The number of rotatable bonds is 5. The molecule has 0 atom stereocenters. The van der Waals surface area contributed by atoms with E-state index in [0.29, 0.717) is 17.3 Å². The van der Waals surface area contributed by atoms with Crippen LogP contribution in [-0.2, 0) is 6.54 Å². The average Bonchev–Trinajstić information content (AvgIpc) is 3.57. The maximum Gasteiger partial charge on any atom is 0.230 e. The van der Waals surface area contributed by atoms with Crippen LogP contribution < -0.4 is 10.6 Å². The second kappa shape index (κ2) is 9.20. The van der Waals surface area contributed by atoms with E-state index >= 15 is 0 Å². The lowest BCUT2D eigenvalue weighted by atomic mass is 9.71. The Morgan fingerprint density at radius 1 is 0.944 bits per heavy atom. The van der Waals surface area contributed by atoms with E-state index in [2.05, 4.69) is 63.1 Å². The molecule has 0 radical (unpaired) electrons. The zero-order valence-corrected chi connectivity index (χ0v) is 21.2. The summed E-state index contributed by atoms with van der Waals surface area (Å²) in [5, 5.41) is 8.83. The largest absolute Gasteiger partial charge is 0.368 e. The highest BCUT2D eigenvalue weighted by Gasteiger charge is 2.38. The van der Waals surface area contributed by atoms with Crippen LogP contribution in [0.1, 0.15) is 56.6 Å². The van der Waals surface area contributed by atoms with E-state index in [1.54, 1.807) is 4.52 Å². The molecule has 0 unspecified atom stereocenters. The van der Waals surface area contributed by atoms with E-state index in [-0.39, 0.29) is 0 Å². The van der Waals surface area contributed by atoms with Crippen LogP contribution in [0.25, 0.3) is 11.3 Å². The van der Waals surface area contributed by atoms with Gasteiger partial charge >= 0.3 is 0 Å². The zero-order valence-electron chi connectivity index (χ0n) is 21.2. The van der Waals surface area contributed by atoms with Gasteiger partial charge in [-0.2, -0.15) is 24.7 Å². The van der Waals surface area contributed by atoms with Gasteiger partial charge in [-0.25, -0.2) is 4.68 Å². The van der Waals surface area contributed by atoms with Crippen molar-refractivity contribution in [1.82, 2.24) is 34.3 Å². The van der Waals surface area contributed by atoms with Crippen molar-refractivity contribution in [3.63, 3.8) is 0 Å². The average molecular weight is 486 g/mol. The van der Waals surface area contributed by atoms with Crippen LogP contribution in [0, 0.1) is 5.41 Å². The fourth-order valence-electron chi connectivity index (χ4n) is 5.84. The maximum atomic E-state index is 6.25. The van der Waals surface area contributed by atoms with Crippen LogP contribution in [0.15, 0.2) is 48.9 Å². The molecule has 4 aromatic rings. The molecule has 0 saturated carbocycles. The summed E-state index contributed by atoms with van der Waals surface area (Å²) in [5.41, 5.74) is 11.1. The molecule has 3 aromatic heterocycles. The lowest BCUT2D eigenvalue weighted by molar-refractivity contribution is 0.0755. The highest BCUT2D eigenvalue weighted by Crippen LogP contribution is 2.42. The number of anilines is 2. The van der Waals surface area contributed by atoms with E-state index in [4.69, 9.17) is 10.7 Å². The maximum absolute atomic E-state index is 6.25. The fraction of sp³-hybridized carbons (Fsp3) is 0.481. The number of hydrogen-bond donors (Lipinski definition) is 1. The van der Waals surface area contributed by atoms with Gasteiger partial charge < -0.3 is 10.6 Å². The van der Waals surface area contributed by atoms with Crippen LogP contribution in [0.2, 0.25) is 0 Å². The molecule has 2 saturated heterocycles. The summed E-state index contributed by atoms with van der Waals surface area (Å²) < 4.78 is 3.63. The highest BCUT2D eigenvalue weighted by atomic mass is 15.4. The summed E-state index contributed by atoms with van der Waals surface area (Å²) in [6.45, 7) is 9.50. The molecule has 9 nitrogen and oxygen atoms in total. The summed E-state index contributed by atoms with van der Waals surface area (Å²) >= 11 is 0. The molecule has 0 bridgehead atoms. The predicted molar refractivity (Wildman–Crippen MR) is 141 cm³/mol. The first kappa shape index (κ1) is 23.0. The molecule has 1 aromatic carbocycles. The van der Waals surface area contributed by atoms with Gasteiger partial charge in [-0.05, 0) is 67.8 Å². The van der Waals surface area contributed by atoms with Crippen molar-refractivity contribution in [2.75, 3.05) is 36.8 Å². The smallest absolute Gasteiger partial charge is 0.230 e. The first-order chi connectivity index (χ1) is 17.5. The van der Waals surface area contributed by atoms with Crippen molar-refractivity contribution in [3.8, 4) is 5.69 Å². The number of para-hydroxylation sites is 1. The van der Waals surface area contributed by atoms with Gasteiger partial charge in [0.05, 0.1) is 11.9 Å². The molecule has 2 aliphatic rings. The quantitative estimate of drug-likeness (QED) is 0.458. The number of hydrogen-bond acceptors (Lipinski definition) is 7. The van der Waals surface area contributed by atoms with Crippen LogP contribution in [0.4, 0.5) is 11.9 Å². The van der Waals surface area contributed by atoms with Crippen molar-refractivity contribution in [1.29, 1.82) is 0 Å². The second-order valence-electron chi connectivity index (χ2n) is 10.7. The van der Waals surface area contributed by atoms with E-state index in [1.165, 1.54) is 36.9 Å². The van der Waals surface area contributed by atoms with Gasteiger partial charge in [-0.1, -0.05) is 32.0 Å². The Kier molecular flexibility index (Phi) is 5.87. The van der Waals surface area contributed by atoms with Gasteiger partial charge in [-0.3, -0.25) is 4.90 Å². The molecule has 1 spiro atoms. The zero-order chi connectivity index (χ0) is 24.7. The van der Waals surface area contributed by atoms with Gasteiger partial charge in [-0.15, -0.1) is 0 Å². The Balaban J connectivity index is 1.10. The number of fused-ring (bicyclic) bond motifs is 1.